The standard InChI is InChI=1S/C17H19N3O3/c21-11-13-5-7-15(8-6-13)23-12-17(22)19-16-9-10-18-20(16)14-3-1-2-4-14/h5-11,14H,1-4,12H2,(H,19,22). The van der Waals surface area contributed by atoms with Gasteiger partial charge < -0.3 is 10.1 Å². The molecule has 1 aromatic carbocycles. The fourth-order valence-corrected chi connectivity index (χ4v) is 2.82. The number of benzene rings is 1. The van der Waals surface area contributed by atoms with Gasteiger partial charge in [-0.05, 0) is 37.1 Å². The largest absolute Gasteiger partial charge is 0.484 e. The van der Waals surface area contributed by atoms with Crippen molar-refractivity contribution < 1.29 is 14.3 Å². The lowest BCUT2D eigenvalue weighted by Gasteiger charge is -2.14. The molecule has 1 aromatic heterocycles. The van der Waals surface area contributed by atoms with Crippen LogP contribution in [0, 0.1) is 0 Å². The minimum absolute atomic E-state index is 0.0870. The van der Waals surface area contributed by atoms with Crippen LogP contribution < -0.4 is 10.1 Å². The second kappa shape index (κ2) is 7.09. The summed E-state index contributed by atoms with van der Waals surface area (Å²) in [6.07, 6.45) is 7.08. The van der Waals surface area contributed by atoms with E-state index in [2.05, 4.69) is 10.4 Å². The third-order valence-electron chi connectivity index (χ3n) is 3.99. The van der Waals surface area contributed by atoms with Crippen LogP contribution in [0.2, 0.25) is 0 Å². The first-order chi connectivity index (χ1) is 11.3. The number of nitrogens with zero attached hydrogens (tertiary/aromatic N) is 2. The molecule has 1 saturated carbocycles. The van der Waals surface area contributed by atoms with E-state index in [1.165, 1.54) is 12.8 Å². The average Bonchev–Trinajstić information content (AvgIpc) is 3.24. The number of carbonyl (C=O) groups excluding carboxylic acids is 2. The summed E-state index contributed by atoms with van der Waals surface area (Å²) in [6, 6.07) is 8.80. The van der Waals surface area contributed by atoms with Crippen molar-refractivity contribution in [2.45, 2.75) is 31.7 Å². The minimum atomic E-state index is -0.232. The average molecular weight is 313 g/mol. The summed E-state index contributed by atoms with van der Waals surface area (Å²) in [5.74, 6) is 1.03. The molecule has 6 heteroatoms. The molecule has 0 aliphatic heterocycles. The molecule has 6 nitrogen and oxygen atoms in total. The molecule has 0 unspecified atom stereocenters. The van der Waals surface area contributed by atoms with Gasteiger partial charge in [0.1, 0.15) is 17.9 Å². The van der Waals surface area contributed by atoms with Gasteiger partial charge in [-0.2, -0.15) is 5.10 Å². The maximum absolute atomic E-state index is 12.0. The summed E-state index contributed by atoms with van der Waals surface area (Å²) in [5, 5.41) is 7.16. The quantitative estimate of drug-likeness (QED) is 0.832. The predicted molar refractivity (Wildman–Crippen MR) is 85.7 cm³/mol. The molecule has 1 amide bonds. The molecule has 0 radical (unpaired) electrons. The zero-order valence-corrected chi connectivity index (χ0v) is 12.8. The van der Waals surface area contributed by atoms with Gasteiger partial charge in [-0.25, -0.2) is 4.68 Å². The maximum atomic E-state index is 12.0. The van der Waals surface area contributed by atoms with Gasteiger partial charge in [0.2, 0.25) is 0 Å². The van der Waals surface area contributed by atoms with Gasteiger partial charge in [0, 0.05) is 11.6 Å². The molecular weight excluding hydrogens is 294 g/mol. The van der Waals surface area contributed by atoms with E-state index < -0.39 is 0 Å². The van der Waals surface area contributed by atoms with Crippen LogP contribution in [-0.2, 0) is 4.79 Å². The van der Waals surface area contributed by atoms with Gasteiger partial charge in [0.25, 0.3) is 5.91 Å². The first-order valence-corrected chi connectivity index (χ1v) is 7.77. The van der Waals surface area contributed by atoms with E-state index in [1.54, 1.807) is 36.5 Å². The van der Waals surface area contributed by atoms with E-state index in [0.717, 1.165) is 19.1 Å². The summed E-state index contributed by atoms with van der Waals surface area (Å²) in [7, 11) is 0. The Morgan fingerprint density at radius 3 is 2.70 bits per heavy atom. The Kier molecular flexibility index (Phi) is 4.71. The third kappa shape index (κ3) is 3.77. The molecule has 23 heavy (non-hydrogen) atoms. The van der Waals surface area contributed by atoms with Gasteiger partial charge >= 0.3 is 0 Å². The Bertz CT molecular complexity index is 673. The molecule has 3 rings (SSSR count). The second-order valence-corrected chi connectivity index (χ2v) is 5.62. The summed E-state index contributed by atoms with van der Waals surface area (Å²) in [5.41, 5.74) is 0.572. The van der Waals surface area contributed by atoms with Gasteiger partial charge in [-0.3, -0.25) is 9.59 Å². The van der Waals surface area contributed by atoms with Crippen LogP contribution in [0.1, 0.15) is 42.1 Å². The van der Waals surface area contributed by atoms with Crippen LogP contribution in [0.25, 0.3) is 0 Å². The Morgan fingerprint density at radius 2 is 2.00 bits per heavy atom. The molecule has 1 aliphatic rings. The molecule has 0 saturated heterocycles. The molecule has 1 N–H and O–H groups in total. The highest BCUT2D eigenvalue weighted by Gasteiger charge is 2.20. The highest BCUT2D eigenvalue weighted by atomic mass is 16.5. The lowest BCUT2D eigenvalue weighted by molar-refractivity contribution is -0.118. The first kappa shape index (κ1) is 15.3. The number of rotatable bonds is 6. The first-order valence-electron chi connectivity index (χ1n) is 7.77. The number of aromatic nitrogens is 2. The number of hydrogen-bond donors (Lipinski definition) is 1. The normalized spacial score (nSPS) is 14.6. The van der Waals surface area contributed by atoms with E-state index in [4.69, 9.17) is 4.74 Å². The topological polar surface area (TPSA) is 73.2 Å². The molecule has 1 aliphatic carbocycles. The number of ether oxygens (including phenoxy) is 1. The molecule has 1 heterocycles. The minimum Gasteiger partial charge on any atom is -0.484 e. The maximum Gasteiger partial charge on any atom is 0.263 e. The van der Waals surface area contributed by atoms with Crippen molar-refractivity contribution in [1.29, 1.82) is 0 Å². The smallest absolute Gasteiger partial charge is 0.263 e. The number of aldehydes is 1. The summed E-state index contributed by atoms with van der Waals surface area (Å²) >= 11 is 0. The van der Waals surface area contributed by atoms with Crippen LogP contribution in [-0.4, -0.2) is 28.6 Å². The zero-order chi connectivity index (χ0) is 16.1. The summed E-state index contributed by atoms with van der Waals surface area (Å²) in [4.78, 5) is 22.6. The molecular formula is C17H19N3O3. The molecule has 0 atom stereocenters. The Morgan fingerprint density at radius 1 is 1.26 bits per heavy atom. The van der Waals surface area contributed by atoms with Gasteiger partial charge in [0.05, 0.1) is 12.2 Å². The van der Waals surface area contributed by atoms with E-state index in [-0.39, 0.29) is 12.5 Å². The van der Waals surface area contributed by atoms with Crippen LogP contribution in [0.3, 0.4) is 0 Å². The van der Waals surface area contributed by atoms with Crippen LogP contribution in [0.15, 0.2) is 36.5 Å². The van der Waals surface area contributed by atoms with Crippen molar-refractivity contribution in [2.24, 2.45) is 0 Å². The fraction of sp³-hybridized carbons (Fsp3) is 0.353. The Balaban J connectivity index is 1.55. The van der Waals surface area contributed by atoms with E-state index >= 15 is 0 Å². The highest BCUT2D eigenvalue weighted by molar-refractivity contribution is 5.91. The fourth-order valence-electron chi connectivity index (χ4n) is 2.82. The van der Waals surface area contributed by atoms with E-state index in [0.29, 0.717) is 23.2 Å². The van der Waals surface area contributed by atoms with Crippen molar-refractivity contribution in [3.63, 3.8) is 0 Å². The Hall–Kier alpha value is -2.63. The van der Waals surface area contributed by atoms with Crippen LogP contribution >= 0.6 is 0 Å². The van der Waals surface area contributed by atoms with E-state index in [9.17, 15) is 9.59 Å². The van der Waals surface area contributed by atoms with Gasteiger partial charge in [-0.15, -0.1) is 0 Å². The highest BCUT2D eigenvalue weighted by Crippen LogP contribution is 2.31. The number of amides is 1. The van der Waals surface area contributed by atoms with Crippen molar-refractivity contribution >= 4 is 18.0 Å². The van der Waals surface area contributed by atoms with Crippen molar-refractivity contribution in [3.8, 4) is 5.75 Å². The zero-order valence-electron chi connectivity index (χ0n) is 12.8. The third-order valence-corrected chi connectivity index (χ3v) is 3.99. The molecule has 0 bridgehead atoms. The summed E-state index contributed by atoms with van der Waals surface area (Å²) in [6.45, 7) is -0.0870. The lowest BCUT2D eigenvalue weighted by atomic mass is 10.2. The van der Waals surface area contributed by atoms with E-state index in [1.807, 2.05) is 4.68 Å². The number of nitrogens with one attached hydrogen (secondary N) is 1. The van der Waals surface area contributed by atoms with Crippen molar-refractivity contribution in [1.82, 2.24) is 9.78 Å². The predicted octanol–water partition coefficient (Wildman–Crippen LogP) is 2.83. The molecule has 0 spiro atoms. The summed E-state index contributed by atoms with van der Waals surface area (Å²) < 4.78 is 7.32. The monoisotopic (exact) mass is 313 g/mol. The van der Waals surface area contributed by atoms with Crippen LogP contribution in [0.5, 0.6) is 5.75 Å². The van der Waals surface area contributed by atoms with Crippen LogP contribution in [0.4, 0.5) is 5.82 Å². The number of anilines is 1. The van der Waals surface area contributed by atoms with Gasteiger partial charge in [-0.1, -0.05) is 12.8 Å². The van der Waals surface area contributed by atoms with Gasteiger partial charge in [0.15, 0.2) is 6.61 Å². The number of hydrogen-bond acceptors (Lipinski definition) is 4. The molecule has 120 valence electrons. The Labute approximate surface area is 134 Å². The van der Waals surface area contributed by atoms with Crippen molar-refractivity contribution in [2.75, 3.05) is 11.9 Å². The molecule has 1 fully saturated rings. The van der Waals surface area contributed by atoms with Crippen molar-refractivity contribution in [3.05, 3.63) is 42.1 Å². The molecule has 2 aromatic rings. The lowest BCUT2D eigenvalue weighted by Crippen LogP contribution is -2.23. The second-order valence-electron chi connectivity index (χ2n) is 5.62. The SMILES string of the molecule is O=Cc1ccc(OCC(=O)Nc2ccnn2C2CCCC2)cc1. The number of carbonyl (C=O) groups is 2.